The molecular weight excluding hydrogens is 412 g/mol. The van der Waals surface area contributed by atoms with Crippen molar-refractivity contribution in [3.05, 3.63) is 108 Å². The van der Waals surface area contributed by atoms with Crippen LogP contribution in [-0.2, 0) is 17.8 Å². The fourth-order valence-electron chi connectivity index (χ4n) is 4.13. The quantitative estimate of drug-likeness (QED) is 0.499. The van der Waals surface area contributed by atoms with Gasteiger partial charge >= 0.3 is 0 Å². The minimum absolute atomic E-state index is 0.133. The summed E-state index contributed by atoms with van der Waals surface area (Å²) in [5, 5.41) is 9.84. The minimum Gasteiger partial charge on any atom is -0.354 e. The van der Waals surface area contributed by atoms with Crippen LogP contribution in [0.15, 0.2) is 96.1 Å². The second-order valence-electron chi connectivity index (χ2n) is 8.04. The van der Waals surface area contributed by atoms with Crippen molar-refractivity contribution >= 4 is 28.4 Å². The molecule has 0 atom stereocenters. The monoisotopic (exact) mass is 436 g/mol. The molecular formula is C27H24N4O2. The molecule has 6 heteroatoms. The van der Waals surface area contributed by atoms with E-state index in [0.717, 1.165) is 34.2 Å². The van der Waals surface area contributed by atoms with Crippen molar-refractivity contribution in [3.63, 3.8) is 0 Å². The van der Waals surface area contributed by atoms with Gasteiger partial charge in [-0.3, -0.25) is 9.59 Å². The molecule has 1 aliphatic heterocycles. The number of hydrogen-bond acceptors (Lipinski definition) is 3. The van der Waals surface area contributed by atoms with Gasteiger partial charge in [0.25, 0.3) is 5.91 Å². The molecule has 5 rings (SSSR count). The molecule has 2 heterocycles. The van der Waals surface area contributed by atoms with Gasteiger partial charge in [-0.25, -0.2) is 5.01 Å². The summed E-state index contributed by atoms with van der Waals surface area (Å²) in [5.41, 5.74) is 4.31. The van der Waals surface area contributed by atoms with E-state index in [4.69, 9.17) is 0 Å². The van der Waals surface area contributed by atoms with Crippen molar-refractivity contribution in [3.8, 4) is 0 Å². The Hall–Kier alpha value is -4.19. The molecule has 3 aromatic carbocycles. The number of aromatic nitrogens is 1. The lowest BCUT2D eigenvalue weighted by Crippen LogP contribution is -2.38. The molecule has 1 aromatic heterocycles. The smallest absolute Gasteiger partial charge is 0.291 e. The fourth-order valence-corrected chi connectivity index (χ4v) is 4.13. The average molecular weight is 437 g/mol. The molecule has 1 aliphatic rings. The van der Waals surface area contributed by atoms with E-state index in [-0.39, 0.29) is 18.4 Å². The van der Waals surface area contributed by atoms with Gasteiger partial charge in [-0.1, -0.05) is 78.9 Å². The van der Waals surface area contributed by atoms with Crippen LogP contribution in [-0.4, -0.2) is 40.2 Å². The van der Waals surface area contributed by atoms with Crippen LogP contribution in [0.1, 0.15) is 21.6 Å². The van der Waals surface area contributed by atoms with E-state index >= 15 is 0 Å². The first kappa shape index (κ1) is 20.7. The molecule has 33 heavy (non-hydrogen) atoms. The van der Waals surface area contributed by atoms with E-state index in [9.17, 15) is 9.59 Å². The number of hydrogen-bond donors (Lipinski definition) is 1. The highest BCUT2D eigenvalue weighted by molar-refractivity contribution is 6.07. The van der Waals surface area contributed by atoms with Crippen molar-refractivity contribution in [2.45, 2.75) is 13.0 Å². The van der Waals surface area contributed by atoms with Crippen molar-refractivity contribution in [2.75, 3.05) is 13.1 Å². The molecule has 0 radical (unpaired) electrons. The van der Waals surface area contributed by atoms with Gasteiger partial charge in [0.05, 0.1) is 12.3 Å². The molecule has 0 bridgehead atoms. The third-order valence-electron chi connectivity index (χ3n) is 5.79. The number of nitrogens with one attached hydrogen (secondary N) is 1. The van der Waals surface area contributed by atoms with Gasteiger partial charge in [0.1, 0.15) is 12.2 Å². The van der Waals surface area contributed by atoms with Crippen LogP contribution in [0.5, 0.6) is 0 Å². The first-order chi connectivity index (χ1) is 16.2. The van der Waals surface area contributed by atoms with Crippen molar-refractivity contribution in [1.29, 1.82) is 0 Å². The topological polar surface area (TPSA) is 66.7 Å². The van der Waals surface area contributed by atoms with Crippen LogP contribution >= 0.6 is 0 Å². The molecule has 1 N–H and O–H groups in total. The van der Waals surface area contributed by atoms with Gasteiger partial charge in [-0.2, -0.15) is 5.10 Å². The number of carbonyl (C=O) groups excluding carboxylic acids is 2. The van der Waals surface area contributed by atoms with Crippen molar-refractivity contribution in [2.24, 2.45) is 5.10 Å². The first-order valence-corrected chi connectivity index (χ1v) is 11.0. The highest BCUT2D eigenvalue weighted by atomic mass is 16.2. The number of para-hydroxylation sites is 1. The molecule has 164 valence electrons. The number of carbonyl (C=O) groups is 2. The summed E-state index contributed by atoms with van der Waals surface area (Å²) in [4.78, 5) is 26.1. The Morgan fingerprint density at radius 1 is 0.909 bits per heavy atom. The standard InChI is InChI=1S/C27H24N4O2/c32-26(28-16-15-20-9-3-1-4-10-20)19-31-27(33)25-17-22-13-7-8-14-24(22)30(25)18-23(29-31)21-11-5-2-6-12-21/h1-14,17H,15-16,18-19H2,(H,28,32). The summed E-state index contributed by atoms with van der Waals surface area (Å²) in [6.45, 7) is 0.816. The van der Waals surface area contributed by atoms with Gasteiger partial charge in [-0.15, -0.1) is 0 Å². The number of benzene rings is 3. The third kappa shape index (κ3) is 4.41. The maximum atomic E-state index is 13.4. The highest BCUT2D eigenvalue weighted by Crippen LogP contribution is 2.24. The van der Waals surface area contributed by atoms with Crippen LogP contribution in [0.3, 0.4) is 0 Å². The van der Waals surface area contributed by atoms with E-state index in [1.54, 1.807) is 0 Å². The summed E-state index contributed by atoms with van der Waals surface area (Å²) in [5.74, 6) is -0.518. The lowest BCUT2D eigenvalue weighted by Gasteiger charge is -2.16. The predicted octanol–water partition coefficient (Wildman–Crippen LogP) is 3.86. The molecule has 0 saturated heterocycles. The van der Waals surface area contributed by atoms with Gasteiger partial charge in [0, 0.05) is 17.4 Å². The first-order valence-electron chi connectivity index (χ1n) is 11.0. The number of nitrogens with zero attached hydrogens (tertiary/aromatic N) is 3. The second kappa shape index (κ2) is 9.12. The zero-order chi connectivity index (χ0) is 22.6. The summed E-state index contributed by atoms with van der Waals surface area (Å²) in [7, 11) is 0. The van der Waals surface area contributed by atoms with Crippen LogP contribution in [0.4, 0.5) is 0 Å². The second-order valence-corrected chi connectivity index (χ2v) is 8.04. The lowest BCUT2D eigenvalue weighted by molar-refractivity contribution is -0.121. The Morgan fingerprint density at radius 3 is 2.39 bits per heavy atom. The SMILES string of the molecule is O=C(CN1N=C(c2ccccc2)Cn2c(cc3ccccc32)C1=O)NCCc1ccccc1. The number of hydrazone groups is 1. The molecule has 4 aromatic rings. The Bertz CT molecular complexity index is 1330. The molecule has 0 unspecified atom stereocenters. The zero-order valence-corrected chi connectivity index (χ0v) is 18.1. The van der Waals surface area contributed by atoms with E-state index < -0.39 is 0 Å². The summed E-state index contributed by atoms with van der Waals surface area (Å²) in [6, 6.07) is 29.5. The minimum atomic E-state index is -0.282. The third-order valence-corrected chi connectivity index (χ3v) is 5.79. The Morgan fingerprint density at radius 2 is 1.61 bits per heavy atom. The van der Waals surface area contributed by atoms with Crippen LogP contribution in [0, 0.1) is 0 Å². The van der Waals surface area contributed by atoms with Crippen molar-refractivity contribution in [1.82, 2.24) is 14.9 Å². The van der Waals surface area contributed by atoms with E-state index in [0.29, 0.717) is 18.8 Å². The molecule has 0 saturated carbocycles. The maximum Gasteiger partial charge on any atom is 0.291 e. The summed E-state index contributed by atoms with van der Waals surface area (Å²) < 4.78 is 1.98. The molecule has 0 spiro atoms. The van der Waals surface area contributed by atoms with E-state index in [1.165, 1.54) is 5.01 Å². The van der Waals surface area contributed by atoms with Gasteiger partial charge < -0.3 is 9.88 Å². The predicted molar refractivity (Wildman–Crippen MR) is 129 cm³/mol. The Kier molecular flexibility index (Phi) is 5.72. The van der Waals surface area contributed by atoms with Crippen LogP contribution in [0.25, 0.3) is 10.9 Å². The Balaban J connectivity index is 1.41. The van der Waals surface area contributed by atoms with E-state index in [2.05, 4.69) is 10.4 Å². The maximum absolute atomic E-state index is 13.4. The normalized spacial score (nSPS) is 13.4. The average Bonchev–Trinajstić information content (AvgIpc) is 3.16. The van der Waals surface area contributed by atoms with Crippen LogP contribution in [0.2, 0.25) is 0 Å². The largest absolute Gasteiger partial charge is 0.354 e. The van der Waals surface area contributed by atoms with Crippen LogP contribution < -0.4 is 5.32 Å². The van der Waals surface area contributed by atoms with Crippen molar-refractivity contribution < 1.29 is 9.59 Å². The summed E-state index contributed by atoms with van der Waals surface area (Å²) in [6.07, 6.45) is 0.729. The molecule has 0 aliphatic carbocycles. The highest BCUT2D eigenvalue weighted by Gasteiger charge is 2.27. The van der Waals surface area contributed by atoms with E-state index in [1.807, 2.05) is 95.6 Å². The molecule has 0 fully saturated rings. The Labute approximate surface area is 192 Å². The van der Waals surface area contributed by atoms with Gasteiger partial charge in [0.15, 0.2) is 0 Å². The van der Waals surface area contributed by atoms with Gasteiger partial charge in [-0.05, 0) is 29.7 Å². The molecule has 6 nitrogen and oxygen atoms in total. The lowest BCUT2D eigenvalue weighted by atomic mass is 10.1. The number of fused-ring (bicyclic) bond motifs is 3. The van der Waals surface area contributed by atoms with Gasteiger partial charge in [0.2, 0.25) is 5.91 Å². The molecule has 2 amide bonds. The summed E-state index contributed by atoms with van der Waals surface area (Å²) >= 11 is 0. The number of rotatable bonds is 6. The fraction of sp³-hybridized carbons (Fsp3) is 0.148. The number of amides is 2. The zero-order valence-electron chi connectivity index (χ0n) is 18.1.